The molecule has 1 heterocycles. The molecule has 0 aliphatic rings. The van der Waals surface area contributed by atoms with Gasteiger partial charge in [0.2, 0.25) is 5.76 Å². The van der Waals surface area contributed by atoms with E-state index in [2.05, 4.69) is 13.8 Å². The Bertz CT molecular complexity index is 537. The first-order valence-electron chi connectivity index (χ1n) is 5.81. The first-order chi connectivity index (χ1) is 8.08. The van der Waals surface area contributed by atoms with E-state index in [1.54, 1.807) is 0 Å². The summed E-state index contributed by atoms with van der Waals surface area (Å²) in [6.45, 7) is 4.39. The molecule has 0 radical (unpaired) electrons. The Labute approximate surface area is 100 Å². The number of carbonyl (C=O) groups is 1. The Morgan fingerprint density at radius 3 is 2.82 bits per heavy atom. The summed E-state index contributed by atoms with van der Waals surface area (Å²) in [4.78, 5) is 10.9. The van der Waals surface area contributed by atoms with Crippen LogP contribution in [0.5, 0.6) is 0 Å². The minimum Gasteiger partial charge on any atom is -0.475 e. The molecule has 1 aromatic heterocycles. The van der Waals surface area contributed by atoms with Gasteiger partial charge in [-0.2, -0.15) is 0 Å². The number of furan rings is 1. The second kappa shape index (κ2) is 4.62. The molecule has 0 saturated heterocycles. The number of aryl methyl sites for hydroxylation is 1. The molecule has 0 atom stereocenters. The lowest BCUT2D eigenvalue weighted by molar-refractivity contribution is 0.0665. The van der Waals surface area contributed by atoms with Gasteiger partial charge in [-0.25, -0.2) is 4.79 Å². The fourth-order valence-electron chi connectivity index (χ4n) is 1.88. The summed E-state index contributed by atoms with van der Waals surface area (Å²) in [6.07, 6.45) is 3.66. The largest absolute Gasteiger partial charge is 0.475 e. The molecular weight excluding hydrogens is 216 g/mol. The van der Waals surface area contributed by atoms with E-state index in [1.807, 2.05) is 18.2 Å². The number of hydrogen-bond donors (Lipinski definition) is 1. The molecule has 0 aliphatic heterocycles. The summed E-state index contributed by atoms with van der Waals surface area (Å²) in [6, 6.07) is 5.82. The fraction of sp³-hybridized carbons (Fsp3) is 0.357. The fourth-order valence-corrected chi connectivity index (χ4v) is 1.88. The lowest BCUT2D eigenvalue weighted by atomic mass is 10.0. The van der Waals surface area contributed by atoms with Gasteiger partial charge in [0.05, 0.1) is 6.26 Å². The van der Waals surface area contributed by atoms with Gasteiger partial charge in [0.15, 0.2) is 0 Å². The van der Waals surface area contributed by atoms with E-state index in [4.69, 9.17) is 9.52 Å². The van der Waals surface area contributed by atoms with Gasteiger partial charge in [0.25, 0.3) is 0 Å². The van der Waals surface area contributed by atoms with Crippen molar-refractivity contribution < 1.29 is 14.3 Å². The third-order valence-electron chi connectivity index (χ3n) is 2.87. The number of hydrogen-bond acceptors (Lipinski definition) is 2. The van der Waals surface area contributed by atoms with Crippen LogP contribution in [0.15, 0.2) is 28.9 Å². The Balaban J connectivity index is 2.29. The van der Waals surface area contributed by atoms with Crippen LogP contribution in [0.4, 0.5) is 0 Å². The summed E-state index contributed by atoms with van der Waals surface area (Å²) < 4.78 is 5.06. The number of rotatable bonds is 4. The van der Waals surface area contributed by atoms with Crippen molar-refractivity contribution in [2.45, 2.75) is 26.7 Å². The van der Waals surface area contributed by atoms with Crippen molar-refractivity contribution in [1.82, 2.24) is 0 Å². The van der Waals surface area contributed by atoms with E-state index >= 15 is 0 Å². The van der Waals surface area contributed by atoms with Crippen molar-refractivity contribution in [3.63, 3.8) is 0 Å². The SMILES string of the molecule is CC(C)CCc1ccc2c(C(=O)O)occ2c1. The second-order valence-corrected chi connectivity index (χ2v) is 4.72. The number of benzene rings is 1. The van der Waals surface area contributed by atoms with E-state index in [0.29, 0.717) is 11.3 Å². The first-order valence-corrected chi connectivity index (χ1v) is 5.81. The van der Waals surface area contributed by atoms with Crippen molar-refractivity contribution >= 4 is 16.7 Å². The van der Waals surface area contributed by atoms with Crippen LogP contribution in [0.3, 0.4) is 0 Å². The molecule has 3 heteroatoms. The Hall–Kier alpha value is -1.77. The average molecular weight is 232 g/mol. The van der Waals surface area contributed by atoms with E-state index in [0.717, 1.165) is 18.2 Å². The molecule has 1 N–H and O–H groups in total. The molecule has 2 rings (SSSR count). The summed E-state index contributed by atoms with van der Waals surface area (Å²) in [5.74, 6) is -0.324. The number of aromatic carboxylic acids is 1. The molecule has 0 bridgehead atoms. The van der Waals surface area contributed by atoms with Gasteiger partial charge in [-0.05, 0) is 36.5 Å². The Morgan fingerprint density at radius 2 is 2.18 bits per heavy atom. The molecule has 0 aliphatic carbocycles. The maximum atomic E-state index is 10.9. The molecule has 3 nitrogen and oxygen atoms in total. The van der Waals surface area contributed by atoms with Crippen LogP contribution in [-0.4, -0.2) is 11.1 Å². The summed E-state index contributed by atoms with van der Waals surface area (Å²) >= 11 is 0. The van der Waals surface area contributed by atoms with Crippen LogP contribution >= 0.6 is 0 Å². The summed E-state index contributed by atoms with van der Waals surface area (Å²) in [5.41, 5.74) is 1.23. The van der Waals surface area contributed by atoms with Crippen molar-refractivity contribution in [2.75, 3.05) is 0 Å². The maximum Gasteiger partial charge on any atom is 0.372 e. The van der Waals surface area contributed by atoms with Gasteiger partial charge in [-0.1, -0.05) is 19.9 Å². The highest BCUT2D eigenvalue weighted by molar-refractivity contribution is 6.01. The van der Waals surface area contributed by atoms with Crippen LogP contribution in [0.2, 0.25) is 0 Å². The molecule has 1 aromatic carbocycles. The van der Waals surface area contributed by atoms with Crippen LogP contribution in [0, 0.1) is 5.92 Å². The normalized spacial score (nSPS) is 11.2. The summed E-state index contributed by atoms with van der Waals surface area (Å²) in [5, 5.41) is 10.5. The second-order valence-electron chi connectivity index (χ2n) is 4.72. The molecule has 17 heavy (non-hydrogen) atoms. The monoisotopic (exact) mass is 232 g/mol. The first kappa shape index (κ1) is 11.7. The van der Waals surface area contributed by atoms with Crippen LogP contribution in [-0.2, 0) is 6.42 Å². The lowest BCUT2D eigenvalue weighted by Gasteiger charge is -2.04. The highest BCUT2D eigenvalue weighted by Crippen LogP contribution is 2.23. The smallest absolute Gasteiger partial charge is 0.372 e. The Morgan fingerprint density at radius 1 is 1.41 bits per heavy atom. The number of fused-ring (bicyclic) bond motifs is 1. The van der Waals surface area contributed by atoms with Crippen LogP contribution < -0.4 is 0 Å². The molecule has 0 spiro atoms. The molecule has 0 fully saturated rings. The lowest BCUT2D eigenvalue weighted by Crippen LogP contribution is -1.94. The number of carboxylic acids is 1. The van der Waals surface area contributed by atoms with Crippen molar-refractivity contribution in [3.8, 4) is 0 Å². The highest BCUT2D eigenvalue weighted by Gasteiger charge is 2.13. The van der Waals surface area contributed by atoms with Crippen molar-refractivity contribution in [2.24, 2.45) is 5.92 Å². The predicted molar refractivity (Wildman–Crippen MR) is 66.3 cm³/mol. The third-order valence-corrected chi connectivity index (χ3v) is 2.87. The van der Waals surface area contributed by atoms with Crippen LogP contribution in [0.25, 0.3) is 10.8 Å². The van der Waals surface area contributed by atoms with E-state index in [9.17, 15) is 4.79 Å². The zero-order valence-corrected chi connectivity index (χ0v) is 10.1. The van der Waals surface area contributed by atoms with E-state index < -0.39 is 5.97 Å². The molecule has 90 valence electrons. The van der Waals surface area contributed by atoms with Gasteiger partial charge < -0.3 is 9.52 Å². The average Bonchev–Trinajstić information content (AvgIpc) is 2.69. The van der Waals surface area contributed by atoms with Gasteiger partial charge in [0.1, 0.15) is 0 Å². The summed E-state index contributed by atoms with van der Waals surface area (Å²) in [7, 11) is 0. The molecule has 0 unspecified atom stereocenters. The topological polar surface area (TPSA) is 50.4 Å². The minimum atomic E-state index is -1.02. The zero-order valence-electron chi connectivity index (χ0n) is 10.1. The third kappa shape index (κ3) is 2.49. The highest BCUT2D eigenvalue weighted by atomic mass is 16.4. The quantitative estimate of drug-likeness (QED) is 0.874. The van der Waals surface area contributed by atoms with Gasteiger partial charge in [-0.3, -0.25) is 0 Å². The van der Waals surface area contributed by atoms with Gasteiger partial charge in [-0.15, -0.1) is 0 Å². The molecule has 0 saturated carbocycles. The van der Waals surface area contributed by atoms with E-state index in [-0.39, 0.29) is 5.76 Å². The number of carboxylic acid groups (broad SMARTS) is 1. The standard InChI is InChI=1S/C14H16O3/c1-9(2)3-4-10-5-6-12-11(7-10)8-17-13(12)14(15)16/h5-9H,3-4H2,1-2H3,(H,15,16). The minimum absolute atomic E-state index is 0.0235. The van der Waals surface area contributed by atoms with Crippen molar-refractivity contribution in [3.05, 3.63) is 35.8 Å². The molecule has 0 amide bonds. The van der Waals surface area contributed by atoms with Gasteiger partial charge in [0, 0.05) is 10.8 Å². The predicted octanol–water partition coefficient (Wildman–Crippen LogP) is 3.72. The zero-order chi connectivity index (χ0) is 12.4. The van der Waals surface area contributed by atoms with E-state index in [1.165, 1.54) is 11.8 Å². The Kier molecular flexibility index (Phi) is 3.18. The van der Waals surface area contributed by atoms with Crippen LogP contribution in [0.1, 0.15) is 36.4 Å². The van der Waals surface area contributed by atoms with Crippen molar-refractivity contribution in [1.29, 1.82) is 0 Å². The molecule has 2 aromatic rings. The van der Waals surface area contributed by atoms with Gasteiger partial charge >= 0.3 is 5.97 Å². The molecular formula is C14H16O3. The maximum absolute atomic E-state index is 10.9.